The van der Waals surface area contributed by atoms with Crippen molar-refractivity contribution in [2.45, 2.75) is 37.7 Å². The predicted molar refractivity (Wildman–Crippen MR) is 80.0 cm³/mol. The summed E-state index contributed by atoms with van der Waals surface area (Å²) in [5.41, 5.74) is -0.907. The molecule has 0 aromatic carbocycles. The van der Waals surface area contributed by atoms with Crippen LogP contribution in [-0.2, 0) is 20.7 Å². The van der Waals surface area contributed by atoms with Crippen LogP contribution in [0.1, 0.15) is 30.6 Å². The van der Waals surface area contributed by atoms with Gasteiger partial charge in [0.15, 0.2) is 0 Å². The van der Waals surface area contributed by atoms with Gasteiger partial charge in [-0.05, 0) is 37.1 Å². The molecule has 1 aromatic heterocycles. The summed E-state index contributed by atoms with van der Waals surface area (Å²) in [6.45, 7) is 0.241. The lowest BCUT2D eigenvalue weighted by Crippen LogP contribution is -2.46. The van der Waals surface area contributed by atoms with Crippen LogP contribution in [0, 0.1) is 5.92 Å². The Bertz CT molecular complexity index is 478. The van der Waals surface area contributed by atoms with Crippen LogP contribution in [0.15, 0.2) is 17.5 Å². The Morgan fingerprint density at radius 2 is 2.19 bits per heavy atom. The van der Waals surface area contributed by atoms with Crippen LogP contribution in [0.5, 0.6) is 0 Å². The third kappa shape index (κ3) is 4.54. The molecule has 1 aliphatic rings. The lowest BCUT2D eigenvalue weighted by Gasteiger charge is -2.35. The SMILES string of the molecule is COC(=O)C1CCC(O)(CNC(=O)Cc2cccs2)CC1. The van der Waals surface area contributed by atoms with Crippen molar-refractivity contribution >= 4 is 23.2 Å². The van der Waals surface area contributed by atoms with E-state index in [-0.39, 0.29) is 24.3 Å². The number of carbonyl (C=O) groups is 2. The van der Waals surface area contributed by atoms with Crippen molar-refractivity contribution in [1.29, 1.82) is 0 Å². The summed E-state index contributed by atoms with van der Waals surface area (Å²) >= 11 is 1.54. The molecule has 6 heteroatoms. The Balaban J connectivity index is 1.75. The second kappa shape index (κ2) is 7.04. The fourth-order valence-electron chi connectivity index (χ4n) is 2.63. The number of carbonyl (C=O) groups excluding carboxylic acids is 2. The number of methoxy groups -OCH3 is 1. The summed E-state index contributed by atoms with van der Waals surface area (Å²) in [7, 11) is 1.38. The fraction of sp³-hybridized carbons (Fsp3) is 0.600. The second-order valence-electron chi connectivity index (χ2n) is 5.55. The van der Waals surface area contributed by atoms with E-state index in [0.29, 0.717) is 32.1 Å². The van der Waals surface area contributed by atoms with Crippen molar-refractivity contribution < 1.29 is 19.4 Å². The molecule has 0 saturated heterocycles. The third-order valence-corrected chi connectivity index (χ3v) is 4.86. The van der Waals surface area contributed by atoms with E-state index < -0.39 is 5.60 Å². The lowest BCUT2D eigenvalue weighted by atomic mass is 9.79. The van der Waals surface area contributed by atoms with E-state index in [4.69, 9.17) is 4.74 Å². The first-order valence-electron chi connectivity index (χ1n) is 7.12. The highest BCUT2D eigenvalue weighted by Crippen LogP contribution is 2.32. The van der Waals surface area contributed by atoms with Gasteiger partial charge in [-0.15, -0.1) is 11.3 Å². The molecule has 0 aliphatic heterocycles. The summed E-state index contributed by atoms with van der Waals surface area (Å²) in [5, 5.41) is 15.2. The van der Waals surface area contributed by atoms with E-state index in [2.05, 4.69) is 5.32 Å². The van der Waals surface area contributed by atoms with Gasteiger partial charge < -0.3 is 15.2 Å². The first-order valence-corrected chi connectivity index (χ1v) is 8.00. The molecule has 21 heavy (non-hydrogen) atoms. The normalized spacial score (nSPS) is 25.3. The first-order chi connectivity index (χ1) is 10.0. The van der Waals surface area contributed by atoms with E-state index in [9.17, 15) is 14.7 Å². The molecular weight excluding hydrogens is 290 g/mol. The molecular formula is C15H21NO4S. The van der Waals surface area contributed by atoms with E-state index in [1.54, 1.807) is 11.3 Å². The van der Waals surface area contributed by atoms with E-state index in [0.717, 1.165) is 4.88 Å². The standard InChI is InChI=1S/C15H21NO4S/c1-20-14(18)11-4-6-15(19,7-5-11)10-16-13(17)9-12-3-2-8-21-12/h2-3,8,11,19H,4-7,9-10H2,1H3,(H,16,17). The quantitative estimate of drug-likeness (QED) is 0.808. The van der Waals surface area contributed by atoms with Crippen molar-refractivity contribution in [3.8, 4) is 0 Å². The van der Waals surface area contributed by atoms with Gasteiger partial charge in [-0.25, -0.2) is 0 Å². The van der Waals surface area contributed by atoms with Gasteiger partial charge in [0, 0.05) is 11.4 Å². The van der Waals surface area contributed by atoms with E-state index >= 15 is 0 Å². The minimum Gasteiger partial charge on any atom is -0.469 e. The summed E-state index contributed by atoms with van der Waals surface area (Å²) in [6.07, 6.45) is 2.56. The number of ether oxygens (including phenoxy) is 1. The number of nitrogens with one attached hydrogen (secondary N) is 1. The first kappa shape index (κ1) is 16.0. The molecule has 1 saturated carbocycles. The van der Waals surface area contributed by atoms with Gasteiger partial charge in [0.05, 0.1) is 25.0 Å². The molecule has 2 rings (SSSR count). The number of hydrogen-bond acceptors (Lipinski definition) is 5. The zero-order chi connectivity index (χ0) is 15.3. The minimum atomic E-state index is -0.907. The maximum atomic E-state index is 11.8. The average molecular weight is 311 g/mol. The molecule has 0 bridgehead atoms. The molecule has 1 amide bonds. The molecule has 5 nitrogen and oxygen atoms in total. The molecule has 0 radical (unpaired) electrons. The predicted octanol–water partition coefficient (Wildman–Crippen LogP) is 1.50. The largest absolute Gasteiger partial charge is 0.469 e. The van der Waals surface area contributed by atoms with Crippen LogP contribution in [-0.4, -0.2) is 36.2 Å². The Kier molecular flexibility index (Phi) is 5.36. The Morgan fingerprint density at radius 3 is 2.76 bits per heavy atom. The number of rotatable bonds is 5. The minimum absolute atomic E-state index is 0.0824. The van der Waals surface area contributed by atoms with Crippen molar-refractivity contribution in [1.82, 2.24) is 5.32 Å². The van der Waals surface area contributed by atoms with Gasteiger partial charge >= 0.3 is 5.97 Å². The van der Waals surface area contributed by atoms with Crippen molar-refractivity contribution in [3.05, 3.63) is 22.4 Å². The Labute approximate surface area is 128 Å². The van der Waals surface area contributed by atoms with Crippen LogP contribution in [0.4, 0.5) is 0 Å². The fourth-order valence-corrected chi connectivity index (χ4v) is 3.33. The molecule has 1 fully saturated rings. The van der Waals surface area contributed by atoms with Crippen LogP contribution >= 0.6 is 11.3 Å². The highest BCUT2D eigenvalue weighted by molar-refractivity contribution is 7.10. The topological polar surface area (TPSA) is 75.6 Å². The molecule has 0 atom stereocenters. The summed E-state index contributed by atoms with van der Waals surface area (Å²) in [6, 6.07) is 3.83. The zero-order valence-corrected chi connectivity index (χ0v) is 12.9. The van der Waals surface area contributed by atoms with Gasteiger partial charge in [-0.2, -0.15) is 0 Å². The highest BCUT2D eigenvalue weighted by Gasteiger charge is 2.36. The van der Waals surface area contributed by atoms with Gasteiger partial charge in [-0.3, -0.25) is 9.59 Å². The third-order valence-electron chi connectivity index (χ3n) is 3.98. The molecule has 116 valence electrons. The number of esters is 1. The molecule has 1 heterocycles. The maximum Gasteiger partial charge on any atom is 0.308 e. The van der Waals surface area contributed by atoms with Crippen LogP contribution < -0.4 is 5.32 Å². The molecule has 1 aromatic rings. The average Bonchev–Trinajstić information content (AvgIpc) is 2.98. The van der Waals surface area contributed by atoms with Crippen molar-refractivity contribution in [2.24, 2.45) is 5.92 Å². The monoisotopic (exact) mass is 311 g/mol. The summed E-state index contributed by atoms with van der Waals surface area (Å²) in [4.78, 5) is 24.3. The zero-order valence-electron chi connectivity index (χ0n) is 12.1. The lowest BCUT2D eigenvalue weighted by molar-refractivity contribution is -0.148. The molecule has 0 spiro atoms. The number of amides is 1. The van der Waals surface area contributed by atoms with Crippen LogP contribution in [0.2, 0.25) is 0 Å². The molecule has 2 N–H and O–H groups in total. The Hall–Kier alpha value is -1.40. The second-order valence-corrected chi connectivity index (χ2v) is 6.59. The highest BCUT2D eigenvalue weighted by atomic mass is 32.1. The number of hydrogen-bond donors (Lipinski definition) is 2. The van der Waals surface area contributed by atoms with Gasteiger partial charge in [0.2, 0.25) is 5.91 Å². The van der Waals surface area contributed by atoms with Gasteiger partial charge in [0.1, 0.15) is 0 Å². The number of aliphatic hydroxyl groups is 1. The van der Waals surface area contributed by atoms with Crippen LogP contribution in [0.3, 0.4) is 0 Å². The summed E-state index contributed by atoms with van der Waals surface area (Å²) in [5.74, 6) is -0.420. The summed E-state index contributed by atoms with van der Waals surface area (Å²) < 4.78 is 4.73. The van der Waals surface area contributed by atoms with E-state index in [1.165, 1.54) is 7.11 Å². The van der Waals surface area contributed by atoms with Crippen molar-refractivity contribution in [3.63, 3.8) is 0 Å². The van der Waals surface area contributed by atoms with Crippen molar-refractivity contribution in [2.75, 3.05) is 13.7 Å². The molecule has 0 unspecified atom stereocenters. The maximum absolute atomic E-state index is 11.8. The van der Waals surface area contributed by atoms with E-state index in [1.807, 2.05) is 17.5 Å². The van der Waals surface area contributed by atoms with Gasteiger partial charge in [0.25, 0.3) is 0 Å². The smallest absolute Gasteiger partial charge is 0.308 e. The number of thiophene rings is 1. The van der Waals surface area contributed by atoms with Crippen LogP contribution in [0.25, 0.3) is 0 Å². The Morgan fingerprint density at radius 1 is 1.48 bits per heavy atom. The van der Waals surface area contributed by atoms with Gasteiger partial charge in [-0.1, -0.05) is 6.07 Å². The molecule has 1 aliphatic carbocycles.